The van der Waals surface area contributed by atoms with Gasteiger partial charge in [-0.05, 0) is 55.2 Å². The van der Waals surface area contributed by atoms with Crippen molar-refractivity contribution in [1.29, 1.82) is 0 Å². The second kappa shape index (κ2) is 9.51. The van der Waals surface area contributed by atoms with Gasteiger partial charge in [0.05, 0.1) is 24.0 Å². The SMILES string of the molecule is Cc1ccccc1CNC[C@H]1O[C@H](Cc2cc(-c3ccc(F)cc3)on2)CC[C@@H]1O. The van der Waals surface area contributed by atoms with E-state index in [1.54, 1.807) is 12.1 Å². The smallest absolute Gasteiger partial charge is 0.167 e. The summed E-state index contributed by atoms with van der Waals surface area (Å²) in [6.45, 7) is 3.43. The van der Waals surface area contributed by atoms with E-state index in [9.17, 15) is 9.50 Å². The van der Waals surface area contributed by atoms with Crippen LogP contribution in [0, 0.1) is 12.7 Å². The summed E-state index contributed by atoms with van der Waals surface area (Å²) in [5.41, 5.74) is 4.07. The van der Waals surface area contributed by atoms with Gasteiger partial charge < -0.3 is 19.7 Å². The molecule has 2 heterocycles. The van der Waals surface area contributed by atoms with Crippen molar-refractivity contribution in [3.63, 3.8) is 0 Å². The maximum Gasteiger partial charge on any atom is 0.167 e. The van der Waals surface area contributed by atoms with Crippen LogP contribution >= 0.6 is 0 Å². The Balaban J connectivity index is 1.31. The molecule has 3 aromatic rings. The summed E-state index contributed by atoms with van der Waals surface area (Å²) >= 11 is 0. The fourth-order valence-electron chi connectivity index (χ4n) is 3.83. The number of aromatic nitrogens is 1. The van der Waals surface area contributed by atoms with Crippen LogP contribution in [-0.2, 0) is 17.7 Å². The van der Waals surface area contributed by atoms with Gasteiger partial charge in [0.1, 0.15) is 5.82 Å². The summed E-state index contributed by atoms with van der Waals surface area (Å²) in [5.74, 6) is 0.326. The van der Waals surface area contributed by atoms with E-state index >= 15 is 0 Å². The quantitative estimate of drug-likeness (QED) is 0.616. The Morgan fingerprint density at radius 3 is 2.73 bits per heavy atom. The van der Waals surface area contributed by atoms with E-state index in [-0.39, 0.29) is 18.0 Å². The third kappa shape index (κ3) is 5.14. The van der Waals surface area contributed by atoms with Crippen LogP contribution in [0.2, 0.25) is 0 Å². The maximum absolute atomic E-state index is 13.1. The van der Waals surface area contributed by atoms with E-state index in [1.807, 2.05) is 18.2 Å². The van der Waals surface area contributed by atoms with E-state index in [2.05, 4.69) is 29.5 Å². The lowest BCUT2D eigenvalue weighted by atomic mass is 9.98. The van der Waals surface area contributed by atoms with Crippen molar-refractivity contribution in [3.05, 3.63) is 77.2 Å². The van der Waals surface area contributed by atoms with E-state index < -0.39 is 6.10 Å². The lowest BCUT2D eigenvalue weighted by Crippen LogP contribution is -2.45. The van der Waals surface area contributed by atoms with E-state index in [0.717, 1.165) is 24.2 Å². The largest absolute Gasteiger partial charge is 0.390 e. The summed E-state index contributed by atoms with van der Waals surface area (Å²) in [7, 11) is 0. The topological polar surface area (TPSA) is 67.5 Å². The predicted octanol–water partition coefficient (Wildman–Crippen LogP) is 4.03. The molecule has 2 N–H and O–H groups in total. The minimum absolute atomic E-state index is 0.0233. The van der Waals surface area contributed by atoms with Crippen molar-refractivity contribution in [1.82, 2.24) is 10.5 Å². The van der Waals surface area contributed by atoms with Crippen LogP contribution < -0.4 is 5.32 Å². The van der Waals surface area contributed by atoms with Gasteiger partial charge in [0.25, 0.3) is 0 Å². The summed E-state index contributed by atoms with van der Waals surface area (Å²) in [6.07, 6.45) is 1.34. The van der Waals surface area contributed by atoms with E-state index in [4.69, 9.17) is 9.26 Å². The van der Waals surface area contributed by atoms with Crippen LogP contribution in [0.25, 0.3) is 11.3 Å². The normalized spacial score (nSPS) is 21.6. The average Bonchev–Trinajstić information content (AvgIpc) is 3.20. The molecule has 30 heavy (non-hydrogen) atoms. The second-order valence-corrected chi connectivity index (χ2v) is 7.89. The van der Waals surface area contributed by atoms with Gasteiger partial charge in [-0.3, -0.25) is 0 Å². The van der Waals surface area contributed by atoms with Crippen molar-refractivity contribution in [2.45, 2.75) is 51.0 Å². The molecule has 1 aromatic heterocycles. The average molecular weight is 410 g/mol. The number of rotatable bonds is 7. The minimum Gasteiger partial charge on any atom is -0.390 e. The number of aliphatic hydroxyl groups excluding tert-OH is 1. The molecule has 0 amide bonds. The highest BCUT2D eigenvalue weighted by atomic mass is 19.1. The van der Waals surface area contributed by atoms with Gasteiger partial charge in [-0.1, -0.05) is 29.4 Å². The molecule has 0 radical (unpaired) electrons. The minimum atomic E-state index is -0.474. The molecule has 6 heteroatoms. The first-order chi connectivity index (χ1) is 14.6. The van der Waals surface area contributed by atoms with Crippen molar-refractivity contribution in [2.75, 3.05) is 6.54 Å². The fraction of sp³-hybridized carbons (Fsp3) is 0.375. The molecule has 1 saturated heterocycles. The standard InChI is InChI=1S/C24H27FN2O3/c1-16-4-2-3-5-18(16)14-26-15-24-22(28)11-10-21(29-24)12-20-13-23(30-27-20)17-6-8-19(25)9-7-17/h2-9,13,21-22,24,26,28H,10-12,14-15H2,1H3/t21-,22-,24+/m0/s1. The number of benzene rings is 2. The van der Waals surface area contributed by atoms with Crippen molar-refractivity contribution in [3.8, 4) is 11.3 Å². The summed E-state index contributed by atoms with van der Waals surface area (Å²) in [6, 6.07) is 16.3. The number of aliphatic hydroxyl groups is 1. The Hall–Kier alpha value is -2.54. The molecule has 158 valence electrons. The molecule has 0 bridgehead atoms. The van der Waals surface area contributed by atoms with Crippen LogP contribution in [0.5, 0.6) is 0 Å². The molecule has 3 atom stereocenters. The molecule has 5 nitrogen and oxygen atoms in total. The van der Waals surface area contributed by atoms with Gasteiger partial charge in [0, 0.05) is 31.1 Å². The maximum atomic E-state index is 13.1. The summed E-state index contributed by atoms with van der Waals surface area (Å²) < 4.78 is 24.7. The molecule has 0 unspecified atom stereocenters. The van der Waals surface area contributed by atoms with Crippen LogP contribution in [-0.4, -0.2) is 35.1 Å². The molecular formula is C24H27FN2O3. The highest BCUT2D eigenvalue weighted by Crippen LogP contribution is 2.25. The molecular weight excluding hydrogens is 383 g/mol. The van der Waals surface area contributed by atoms with Crippen LogP contribution in [0.1, 0.15) is 29.7 Å². The first-order valence-corrected chi connectivity index (χ1v) is 10.4. The number of nitrogens with one attached hydrogen (secondary N) is 1. The number of ether oxygens (including phenoxy) is 1. The van der Waals surface area contributed by atoms with Gasteiger partial charge in [0.15, 0.2) is 5.76 Å². The molecule has 0 saturated carbocycles. The lowest BCUT2D eigenvalue weighted by molar-refractivity contribution is -0.115. The molecule has 0 spiro atoms. The van der Waals surface area contributed by atoms with Gasteiger partial charge in [-0.2, -0.15) is 0 Å². The van der Waals surface area contributed by atoms with Crippen LogP contribution in [0.15, 0.2) is 59.1 Å². The first kappa shape index (κ1) is 20.7. The third-order valence-electron chi connectivity index (χ3n) is 5.63. The Morgan fingerprint density at radius 1 is 1.13 bits per heavy atom. The first-order valence-electron chi connectivity index (χ1n) is 10.4. The molecule has 1 fully saturated rings. The third-order valence-corrected chi connectivity index (χ3v) is 5.63. The predicted molar refractivity (Wildman–Crippen MR) is 112 cm³/mol. The second-order valence-electron chi connectivity index (χ2n) is 7.89. The highest BCUT2D eigenvalue weighted by Gasteiger charge is 2.30. The zero-order valence-corrected chi connectivity index (χ0v) is 17.1. The monoisotopic (exact) mass is 410 g/mol. The number of halogens is 1. The number of hydrogen-bond acceptors (Lipinski definition) is 5. The van der Waals surface area contributed by atoms with Gasteiger partial charge >= 0.3 is 0 Å². The Morgan fingerprint density at radius 2 is 1.93 bits per heavy atom. The zero-order valence-electron chi connectivity index (χ0n) is 17.1. The van der Waals surface area contributed by atoms with Gasteiger partial charge in [-0.25, -0.2) is 4.39 Å². The van der Waals surface area contributed by atoms with Crippen LogP contribution in [0.3, 0.4) is 0 Å². The van der Waals surface area contributed by atoms with E-state index in [0.29, 0.717) is 25.1 Å². The molecule has 0 aliphatic carbocycles. The Kier molecular flexibility index (Phi) is 6.57. The number of hydrogen-bond donors (Lipinski definition) is 2. The van der Waals surface area contributed by atoms with Gasteiger partial charge in [-0.15, -0.1) is 0 Å². The summed E-state index contributed by atoms with van der Waals surface area (Å²) in [4.78, 5) is 0. The Bertz CT molecular complexity index is 957. The lowest BCUT2D eigenvalue weighted by Gasteiger charge is -2.34. The van der Waals surface area contributed by atoms with Crippen molar-refractivity contribution in [2.24, 2.45) is 0 Å². The number of aryl methyl sites for hydroxylation is 1. The van der Waals surface area contributed by atoms with Gasteiger partial charge in [0.2, 0.25) is 0 Å². The van der Waals surface area contributed by atoms with Crippen molar-refractivity contribution >= 4 is 0 Å². The molecule has 2 aromatic carbocycles. The van der Waals surface area contributed by atoms with E-state index in [1.165, 1.54) is 23.3 Å². The fourth-order valence-corrected chi connectivity index (χ4v) is 3.83. The highest BCUT2D eigenvalue weighted by molar-refractivity contribution is 5.57. The Labute approximate surface area is 175 Å². The molecule has 1 aliphatic heterocycles. The number of nitrogens with zero attached hydrogens (tertiary/aromatic N) is 1. The summed E-state index contributed by atoms with van der Waals surface area (Å²) in [5, 5.41) is 17.9. The molecule has 4 rings (SSSR count). The zero-order chi connectivity index (χ0) is 20.9. The molecule has 1 aliphatic rings. The van der Waals surface area contributed by atoms with Crippen LogP contribution in [0.4, 0.5) is 4.39 Å². The van der Waals surface area contributed by atoms with Crippen molar-refractivity contribution < 1.29 is 18.8 Å².